The molecule has 0 bridgehead atoms. The Balaban J connectivity index is 2.01. The van der Waals surface area contributed by atoms with Crippen LogP contribution in [0.1, 0.15) is 65.2 Å². The molecule has 0 radical (unpaired) electrons. The van der Waals surface area contributed by atoms with E-state index in [2.05, 4.69) is 0 Å². The van der Waals surface area contributed by atoms with E-state index in [-0.39, 0.29) is 17.7 Å². The molecule has 4 heteroatoms. The van der Waals surface area contributed by atoms with Gasteiger partial charge in [0.15, 0.2) is 0 Å². The minimum absolute atomic E-state index is 0.0293. The van der Waals surface area contributed by atoms with E-state index in [1.807, 2.05) is 13.8 Å². The summed E-state index contributed by atoms with van der Waals surface area (Å²) in [6, 6.07) is 0. The first-order chi connectivity index (χ1) is 9.50. The molecule has 2 saturated carbocycles. The number of hydrogen-bond donors (Lipinski definition) is 2. The van der Waals surface area contributed by atoms with Crippen molar-refractivity contribution in [2.45, 2.75) is 71.0 Å². The minimum atomic E-state index is -1.18. The molecular weight excluding hydrogens is 251 g/mol. The van der Waals surface area contributed by atoms with Crippen LogP contribution in [0.3, 0.4) is 0 Å². The van der Waals surface area contributed by atoms with Crippen molar-refractivity contribution in [1.82, 2.24) is 0 Å². The van der Waals surface area contributed by atoms with Crippen molar-refractivity contribution in [3.63, 3.8) is 0 Å². The normalized spacial score (nSPS) is 35.0. The van der Waals surface area contributed by atoms with E-state index in [1.54, 1.807) is 0 Å². The van der Waals surface area contributed by atoms with Crippen LogP contribution in [0.25, 0.3) is 0 Å². The zero-order chi connectivity index (χ0) is 14.7. The van der Waals surface area contributed by atoms with E-state index >= 15 is 0 Å². The Labute approximate surface area is 123 Å². The fourth-order valence-corrected chi connectivity index (χ4v) is 4.49. The van der Waals surface area contributed by atoms with Crippen molar-refractivity contribution >= 4 is 12.9 Å². The molecule has 0 saturated heterocycles. The van der Waals surface area contributed by atoms with E-state index in [4.69, 9.17) is 0 Å². The Morgan fingerprint density at radius 3 is 2.40 bits per heavy atom. The van der Waals surface area contributed by atoms with Gasteiger partial charge in [0.1, 0.15) is 5.78 Å². The van der Waals surface area contributed by atoms with E-state index in [9.17, 15) is 14.8 Å². The molecule has 0 aromatic heterocycles. The summed E-state index contributed by atoms with van der Waals surface area (Å²) in [6.45, 7) is 3.99. The van der Waals surface area contributed by atoms with Crippen molar-refractivity contribution in [2.24, 2.45) is 23.7 Å². The van der Waals surface area contributed by atoms with Crippen LogP contribution in [0.2, 0.25) is 5.82 Å². The first-order valence-corrected chi connectivity index (χ1v) is 8.40. The van der Waals surface area contributed by atoms with Crippen molar-refractivity contribution in [3.8, 4) is 0 Å². The molecular formula is C16H29BO3. The largest absolute Gasteiger partial charge is 0.455 e. The molecule has 4 atom stereocenters. The lowest BCUT2D eigenvalue weighted by atomic mass is 9.54. The van der Waals surface area contributed by atoms with E-state index in [1.165, 1.54) is 6.42 Å². The Bertz CT molecular complexity index is 330. The molecule has 2 aliphatic carbocycles. The van der Waals surface area contributed by atoms with Crippen LogP contribution in [0.5, 0.6) is 0 Å². The van der Waals surface area contributed by atoms with E-state index < -0.39 is 7.12 Å². The first-order valence-electron chi connectivity index (χ1n) is 8.40. The van der Waals surface area contributed by atoms with Gasteiger partial charge >= 0.3 is 7.12 Å². The van der Waals surface area contributed by atoms with Crippen molar-refractivity contribution < 1.29 is 14.8 Å². The van der Waals surface area contributed by atoms with Crippen molar-refractivity contribution in [2.75, 3.05) is 0 Å². The zero-order valence-electron chi connectivity index (χ0n) is 12.9. The molecule has 4 unspecified atom stereocenters. The van der Waals surface area contributed by atoms with Gasteiger partial charge in [-0.15, -0.1) is 0 Å². The Kier molecular flexibility index (Phi) is 5.68. The molecule has 0 amide bonds. The average Bonchev–Trinajstić information content (AvgIpc) is 2.46. The summed E-state index contributed by atoms with van der Waals surface area (Å²) in [7, 11) is -1.18. The summed E-state index contributed by atoms with van der Waals surface area (Å²) >= 11 is 0. The lowest BCUT2D eigenvalue weighted by Gasteiger charge is -2.40. The monoisotopic (exact) mass is 280 g/mol. The Morgan fingerprint density at radius 2 is 1.75 bits per heavy atom. The average molecular weight is 280 g/mol. The standard InChI is InChI=1S/C16H29BO3/c1-11(2)16(18)13-7-5-6-12(10-13)14-8-3-4-9-15(14)17(19)20/h11-15,19-20H,3-10H2,1-2H3. The lowest BCUT2D eigenvalue weighted by Crippen LogP contribution is -2.37. The fraction of sp³-hybridized carbons (Fsp3) is 0.938. The Morgan fingerprint density at radius 1 is 1.05 bits per heavy atom. The van der Waals surface area contributed by atoms with Gasteiger partial charge in [-0.05, 0) is 30.5 Å². The second-order valence-electron chi connectivity index (χ2n) is 7.21. The second kappa shape index (κ2) is 7.08. The molecule has 2 fully saturated rings. The van der Waals surface area contributed by atoms with Gasteiger partial charge in [-0.2, -0.15) is 0 Å². The van der Waals surface area contributed by atoms with Crippen LogP contribution in [-0.4, -0.2) is 22.9 Å². The van der Waals surface area contributed by atoms with Crippen molar-refractivity contribution in [1.29, 1.82) is 0 Å². The number of Topliss-reactive ketones (excluding diaryl/α,β-unsaturated/α-hetero) is 1. The second-order valence-corrected chi connectivity index (χ2v) is 7.21. The summed E-state index contributed by atoms with van der Waals surface area (Å²) in [5, 5.41) is 19.3. The van der Waals surface area contributed by atoms with Gasteiger partial charge in [0.25, 0.3) is 0 Å². The molecule has 3 nitrogen and oxygen atoms in total. The molecule has 0 aromatic rings. The summed E-state index contributed by atoms with van der Waals surface area (Å²) in [5.41, 5.74) is 0. The number of hydrogen-bond acceptors (Lipinski definition) is 3. The quantitative estimate of drug-likeness (QED) is 0.778. The maximum Gasteiger partial charge on any atom is 0.455 e. The van der Waals surface area contributed by atoms with Gasteiger partial charge in [-0.3, -0.25) is 4.79 Å². The van der Waals surface area contributed by atoms with Gasteiger partial charge < -0.3 is 10.0 Å². The topological polar surface area (TPSA) is 57.5 Å². The van der Waals surface area contributed by atoms with Crippen LogP contribution < -0.4 is 0 Å². The smallest absolute Gasteiger partial charge is 0.427 e. The molecule has 0 spiro atoms. The number of rotatable bonds is 4. The molecule has 0 heterocycles. The van der Waals surface area contributed by atoms with E-state index in [0.717, 1.165) is 44.9 Å². The predicted octanol–water partition coefficient (Wildman–Crippen LogP) is 3.05. The van der Waals surface area contributed by atoms with Gasteiger partial charge in [-0.25, -0.2) is 0 Å². The van der Waals surface area contributed by atoms with Crippen LogP contribution in [-0.2, 0) is 4.79 Å². The van der Waals surface area contributed by atoms with Crippen LogP contribution in [0, 0.1) is 23.7 Å². The van der Waals surface area contributed by atoms with Gasteiger partial charge in [-0.1, -0.05) is 52.4 Å². The summed E-state index contributed by atoms with van der Waals surface area (Å²) in [5.74, 6) is 1.71. The fourth-order valence-electron chi connectivity index (χ4n) is 4.49. The molecule has 20 heavy (non-hydrogen) atoms. The number of carbonyl (C=O) groups is 1. The van der Waals surface area contributed by atoms with Crippen LogP contribution in [0.15, 0.2) is 0 Å². The third-order valence-electron chi connectivity index (χ3n) is 5.55. The molecule has 2 rings (SSSR count). The summed E-state index contributed by atoms with van der Waals surface area (Å²) in [6.07, 6.45) is 8.65. The third-order valence-corrected chi connectivity index (χ3v) is 5.55. The van der Waals surface area contributed by atoms with Crippen LogP contribution in [0.4, 0.5) is 0 Å². The number of carbonyl (C=O) groups excluding carboxylic acids is 1. The number of ketones is 1. The summed E-state index contributed by atoms with van der Waals surface area (Å²) < 4.78 is 0. The molecule has 2 aliphatic rings. The highest BCUT2D eigenvalue weighted by molar-refractivity contribution is 6.43. The Hall–Kier alpha value is -0.345. The highest BCUT2D eigenvalue weighted by Gasteiger charge is 2.40. The predicted molar refractivity (Wildman–Crippen MR) is 81.2 cm³/mol. The minimum Gasteiger partial charge on any atom is -0.427 e. The first kappa shape index (κ1) is 16.0. The molecule has 114 valence electrons. The van der Waals surface area contributed by atoms with Crippen molar-refractivity contribution in [3.05, 3.63) is 0 Å². The molecule has 0 aromatic carbocycles. The lowest BCUT2D eigenvalue weighted by molar-refractivity contribution is -0.127. The summed E-state index contributed by atoms with van der Waals surface area (Å²) in [4.78, 5) is 12.2. The third kappa shape index (κ3) is 3.64. The molecule has 2 N–H and O–H groups in total. The van der Waals surface area contributed by atoms with Gasteiger partial charge in [0, 0.05) is 11.8 Å². The van der Waals surface area contributed by atoms with E-state index in [0.29, 0.717) is 17.6 Å². The maximum absolute atomic E-state index is 12.2. The zero-order valence-corrected chi connectivity index (χ0v) is 12.9. The maximum atomic E-state index is 12.2. The van der Waals surface area contributed by atoms with Crippen LogP contribution >= 0.6 is 0 Å². The van der Waals surface area contributed by atoms with Gasteiger partial charge in [0.2, 0.25) is 0 Å². The molecule has 0 aliphatic heterocycles. The SMILES string of the molecule is CC(C)C(=O)C1CCCC(C2CCCCC2B(O)O)C1. The highest BCUT2D eigenvalue weighted by Crippen LogP contribution is 2.46. The van der Waals surface area contributed by atoms with Gasteiger partial charge in [0.05, 0.1) is 0 Å². The highest BCUT2D eigenvalue weighted by atomic mass is 16.4.